The summed E-state index contributed by atoms with van der Waals surface area (Å²) in [7, 11) is 0. The van der Waals surface area contributed by atoms with Crippen molar-refractivity contribution in [1.29, 1.82) is 0 Å². The molecule has 1 fully saturated rings. The summed E-state index contributed by atoms with van der Waals surface area (Å²) in [5, 5.41) is 8.52. The minimum atomic E-state index is -0.857. The number of nitrogens with zero attached hydrogens (tertiary/aromatic N) is 1. The van der Waals surface area contributed by atoms with Crippen LogP contribution in [0.4, 0.5) is 0 Å². The van der Waals surface area contributed by atoms with Crippen LogP contribution < -0.4 is 0 Å². The van der Waals surface area contributed by atoms with Gasteiger partial charge in [0, 0.05) is 12.6 Å². The van der Waals surface area contributed by atoms with Crippen LogP contribution in [0.5, 0.6) is 0 Å². The van der Waals surface area contributed by atoms with Gasteiger partial charge in [-0.2, -0.15) is 0 Å². The summed E-state index contributed by atoms with van der Waals surface area (Å²) >= 11 is 0. The number of carbonyl (C=O) groups is 2. The third kappa shape index (κ3) is 3.20. The Kier molecular flexibility index (Phi) is 3.68. The molecule has 14 heavy (non-hydrogen) atoms. The summed E-state index contributed by atoms with van der Waals surface area (Å²) in [6.07, 6.45) is 5.20. The molecule has 0 radical (unpaired) electrons. The zero-order valence-electron chi connectivity index (χ0n) is 8.27. The number of hydrogen-bond acceptors (Lipinski definition) is 2. The summed E-state index contributed by atoms with van der Waals surface area (Å²) < 4.78 is 0. The highest BCUT2D eigenvalue weighted by Crippen LogP contribution is 2.27. The maximum absolute atomic E-state index is 11.5. The van der Waals surface area contributed by atoms with Crippen molar-refractivity contribution in [2.45, 2.75) is 32.2 Å². The van der Waals surface area contributed by atoms with Crippen molar-refractivity contribution in [3.8, 4) is 0 Å². The van der Waals surface area contributed by atoms with E-state index >= 15 is 0 Å². The molecule has 0 aromatic carbocycles. The van der Waals surface area contributed by atoms with E-state index in [1.165, 1.54) is 6.08 Å². The van der Waals surface area contributed by atoms with Crippen LogP contribution in [0.3, 0.4) is 0 Å². The van der Waals surface area contributed by atoms with Gasteiger partial charge in [-0.05, 0) is 25.8 Å². The first-order chi connectivity index (χ1) is 6.65. The first-order valence-electron chi connectivity index (χ1n) is 4.80. The third-order valence-electron chi connectivity index (χ3n) is 2.15. The Labute approximate surface area is 83.2 Å². The van der Waals surface area contributed by atoms with Crippen molar-refractivity contribution in [3.05, 3.63) is 12.2 Å². The van der Waals surface area contributed by atoms with Crippen LogP contribution in [0.25, 0.3) is 0 Å². The molecule has 4 nitrogen and oxygen atoms in total. The van der Waals surface area contributed by atoms with Gasteiger partial charge in [0.05, 0.1) is 6.42 Å². The Hall–Kier alpha value is -1.32. The number of allylic oxidation sites excluding steroid dienone is 1. The van der Waals surface area contributed by atoms with Crippen LogP contribution in [0.15, 0.2) is 12.2 Å². The average Bonchev–Trinajstić information content (AvgIpc) is 2.88. The number of carbonyl (C=O) groups excluding carboxylic acids is 1. The molecule has 1 N–H and O–H groups in total. The minimum absolute atomic E-state index is 0.0276. The maximum atomic E-state index is 11.5. The smallest absolute Gasteiger partial charge is 0.305 e. The fourth-order valence-electron chi connectivity index (χ4n) is 1.31. The highest BCUT2D eigenvalue weighted by atomic mass is 16.4. The number of rotatable bonds is 5. The first kappa shape index (κ1) is 10.8. The van der Waals surface area contributed by atoms with Gasteiger partial charge in [-0.25, -0.2) is 0 Å². The van der Waals surface area contributed by atoms with Gasteiger partial charge in [0.15, 0.2) is 0 Å². The lowest BCUT2D eigenvalue weighted by Crippen LogP contribution is -2.33. The third-order valence-corrected chi connectivity index (χ3v) is 2.15. The monoisotopic (exact) mass is 197 g/mol. The van der Waals surface area contributed by atoms with Crippen LogP contribution in [0.2, 0.25) is 0 Å². The van der Waals surface area contributed by atoms with Crippen molar-refractivity contribution in [1.82, 2.24) is 4.90 Å². The molecule has 1 aliphatic carbocycles. The lowest BCUT2D eigenvalue weighted by Gasteiger charge is -2.19. The van der Waals surface area contributed by atoms with Crippen molar-refractivity contribution >= 4 is 11.9 Å². The molecular weight excluding hydrogens is 182 g/mol. The number of carboxylic acids is 1. The fourth-order valence-corrected chi connectivity index (χ4v) is 1.31. The van der Waals surface area contributed by atoms with E-state index in [0.717, 1.165) is 12.8 Å². The highest BCUT2D eigenvalue weighted by molar-refractivity contribution is 5.88. The van der Waals surface area contributed by atoms with Gasteiger partial charge in [0.2, 0.25) is 5.91 Å². The van der Waals surface area contributed by atoms with Crippen molar-refractivity contribution in [3.63, 3.8) is 0 Å². The molecule has 0 aromatic rings. The van der Waals surface area contributed by atoms with Gasteiger partial charge in [-0.1, -0.05) is 6.08 Å². The summed E-state index contributed by atoms with van der Waals surface area (Å²) in [4.78, 5) is 23.5. The van der Waals surface area contributed by atoms with E-state index in [0.29, 0.717) is 6.54 Å². The van der Waals surface area contributed by atoms with Gasteiger partial charge in [-0.3, -0.25) is 9.59 Å². The van der Waals surface area contributed by atoms with Gasteiger partial charge in [0.1, 0.15) is 0 Å². The van der Waals surface area contributed by atoms with E-state index in [1.54, 1.807) is 17.9 Å². The van der Waals surface area contributed by atoms with Crippen molar-refractivity contribution in [2.75, 3.05) is 6.54 Å². The second-order valence-electron chi connectivity index (χ2n) is 3.41. The quantitative estimate of drug-likeness (QED) is 0.669. The summed E-state index contributed by atoms with van der Waals surface area (Å²) in [5.74, 6) is -0.930. The number of carboxylic acid groups (broad SMARTS) is 1. The molecule has 4 heteroatoms. The summed E-state index contributed by atoms with van der Waals surface area (Å²) in [5.41, 5.74) is 0. The van der Waals surface area contributed by atoms with Gasteiger partial charge >= 0.3 is 5.97 Å². The van der Waals surface area contributed by atoms with E-state index in [2.05, 4.69) is 0 Å². The topological polar surface area (TPSA) is 57.6 Å². The lowest BCUT2D eigenvalue weighted by atomic mass is 10.3. The molecule has 0 spiro atoms. The predicted octanol–water partition coefficient (Wildman–Crippen LogP) is 1.03. The van der Waals surface area contributed by atoms with E-state index in [1.807, 2.05) is 0 Å². The molecule has 1 aliphatic rings. The Morgan fingerprint density at radius 1 is 1.50 bits per heavy atom. The molecule has 0 aromatic heterocycles. The minimum Gasteiger partial charge on any atom is -0.481 e. The predicted molar refractivity (Wildman–Crippen MR) is 51.8 cm³/mol. The number of amides is 1. The Bertz CT molecular complexity index is 256. The Balaban J connectivity index is 2.46. The Morgan fingerprint density at radius 2 is 2.14 bits per heavy atom. The first-order valence-corrected chi connectivity index (χ1v) is 4.80. The molecule has 0 atom stereocenters. The molecule has 1 amide bonds. The number of hydrogen-bond donors (Lipinski definition) is 1. The van der Waals surface area contributed by atoms with E-state index in [4.69, 9.17) is 5.11 Å². The molecular formula is C10H15NO3. The van der Waals surface area contributed by atoms with Gasteiger partial charge < -0.3 is 10.0 Å². The van der Waals surface area contributed by atoms with Crippen LogP contribution in [0.1, 0.15) is 26.2 Å². The Morgan fingerprint density at radius 3 is 2.57 bits per heavy atom. The van der Waals surface area contributed by atoms with Crippen LogP contribution in [-0.4, -0.2) is 34.5 Å². The maximum Gasteiger partial charge on any atom is 0.305 e. The van der Waals surface area contributed by atoms with Gasteiger partial charge in [-0.15, -0.1) is 0 Å². The normalized spacial score (nSPS) is 15.8. The molecule has 78 valence electrons. The fraction of sp³-hybridized carbons (Fsp3) is 0.600. The van der Waals surface area contributed by atoms with E-state index < -0.39 is 5.97 Å². The summed E-state index contributed by atoms with van der Waals surface area (Å²) in [6.45, 7) is 2.10. The highest BCUT2D eigenvalue weighted by Gasteiger charge is 2.31. The SMILES string of the molecule is C/C=C/C(=O)N(CCC(=O)O)C1CC1. The zero-order valence-corrected chi connectivity index (χ0v) is 8.27. The largest absolute Gasteiger partial charge is 0.481 e. The standard InChI is InChI=1S/C10H15NO3/c1-2-3-9(12)11(8-4-5-8)7-6-10(13)14/h2-3,8H,4-7H2,1H3,(H,13,14)/b3-2+. The van der Waals surface area contributed by atoms with Gasteiger partial charge in [0.25, 0.3) is 0 Å². The second-order valence-corrected chi connectivity index (χ2v) is 3.41. The molecule has 1 saturated carbocycles. The summed E-state index contributed by atoms with van der Waals surface area (Å²) in [6, 6.07) is 0.276. The molecule has 0 unspecified atom stereocenters. The molecule has 0 heterocycles. The van der Waals surface area contributed by atoms with E-state index in [9.17, 15) is 9.59 Å². The van der Waals surface area contributed by atoms with Crippen LogP contribution >= 0.6 is 0 Å². The van der Waals surface area contributed by atoms with Crippen molar-refractivity contribution < 1.29 is 14.7 Å². The van der Waals surface area contributed by atoms with Crippen LogP contribution in [-0.2, 0) is 9.59 Å². The molecule has 1 rings (SSSR count). The van der Waals surface area contributed by atoms with Crippen LogP contribution in [0, 0.1) is 0 Å². The lowest BCUT2D eigenvalue weighted by molar-refractivity contribution is -0.138. The number of aliphatic carboxylic acids is 1. The molecule has 0 aliphatic heterocycles. The van der Waals surface area contributed by atoms with Crippen molar-refractivity contribution in [2.24, 2.45) is 0 Å². The zero-order chi connectivity index (χ0) is 10.6. The molecule has 0 saturated heterocycles. The average molecular weight is 197 g/mol. The van der Waals surface area contributed by atoms with E-state index in [-0.39, 0.29) is 18.4 Å². The molecule has 0 bridgehead atoms. The second kappa shape index (κ2) is 4.79.